The van der Waals surface area contributed by atoms with Gasteiger partial charge in [-0.15, -0.1) is 6.58 Å². The van der Waals surface area contributed by atoms with Crippen LogP contribution < -0.4 is 4.74 Å². The van der Waals surface area contributed by atoms with E-state index in [1.807, 2.05) is 11.0 Å². The number of ether oxygens (including phenoxy) is 1. The molecule has 1 saturated heterocycles. The highest BCUT2D eigenvalue weighted by atomic mass is 35.5. The molecule has 1 aliphatic rings. The summed E-state index contributed by atoms with van der Waals surface area (Å²) in [5, 5.41) is 0.486. The molecule has 1 amide bonds. The molecule has 1 aromatic heterocycles. The normalized spacial score (nSPS) is 16.9. The van der Waals surface area contributed by atoms with Gasteiger partial charge in [0.1, 0.15) is 6.10 Å². The zero-order chi connectivity index (χ0) is 16.7. The molecule has 0 N–H and O–H groups in total. The largest absolute Gasteiger partial charge is 0.459 e. The van der Waals surface area contributed by atoms with Crippen LogP contribution in [0.3, 0.4) is 0 Å². The number of allylic oxidation sites excluding steroid dienone is 1. The van der Waals surface area contributed by atoms with Crippen molar-refractivity contribution in [1.29, 1.82) is 0 Å². The lowest BCUT2D eigenvalue weighted by Crippen LogP contribution is -2.50. The summed E-state index contributed by atoms with van der Waals surface area (Å²) in [5.41, 5.74) is 0. The zero-order valence-electron chi connectivity index (χ0n) is 13.4. The Labute approximate surface area is 142 Å². The Morgan fingerprint density at radius 3 is 2.61 bits per heavy atom. The first-order chi connectivity index (χ1) is 11.1. The maximum absolute atomic E-state index is 11.4. The van der Waals surface area contributed by atoms with Crippen molar-refractivity contribution in [3.63, 3.8) is 0 Å². The number of amides is 1. The molecule has 0 spiro atoms. The average molecular weight is 339 g/mol. The van der Waals surface area contributed by atoms with Crippen molar-refractivity contribution in [2.45, 2.75) is 25.9 Å². The third kappa shape index (κ3) is 5.80. The van der Waals surface area contributed by atoms with Gasteiger partial charge < -0.3 is 9.64 Å². The fourth-order valence-corrected chi connectivity index (χ4v) is 2.63. The first-order valence-electron chi connectivity index (χ1n) is 7.81. The smallest absolute Gasteiger partial charge is 0.316 e. The number of carbonyl (C=O) groups is 1. The highest BCUT2D eigenvalue weighted by Crippen LogP contribution is 2.13. The summed E-state index contributed by atoms with van der Waals surface area (Å²) < 4.78 is 5.90. The minimum atomic E-state index is -0.0157. The maximum atomic E-state index is 11.4. The van der Waals surface area contributed by atoms with Crippen molar-refractivity contribution in [1.82, 2.24) is 19.8 Å². The number of aromatic nitrogens is 2. The molecular weight excluding hydrogens is 316 g/mol. The molecule has 0 unspecified atom stereocenters. The van der Waals surface area contributed by atoms with Crippen molar-refractivity contribution < 1.29 is 9.53 Å². The standard InChI is InChI=1S/C16H23ClN4O2/c1-3-4-5-15(23-16-18-10-14(17)11-19-16)12-20-6-8-21(9-7-20)13(2)22/h3,10-11,15H,1,4-9,12H2,2H3/t15-/m0/s1. The zero-order valence-corrected chi connectivity index (χ0v) is 14.2. The molecule has 6 nitrogen and oxygen atoms in total. The van der Waals surface area contributed by atoms with Gasteiger partial charge in [-0.1, -0.05) is 17.7 Å². The van der Waals surface area contributed by atoms with Gasteiger partial charge in [-0.2, -0.15) is 0 Å². The summed E-state index contributed by atoms with van der Waals surface area (Å²) in [6.07, 6.45) is 6.64. The SMILES string of the molecule is C=CCC[C@@H](CN1CCN(C(C)=O)CC1)Oc1ncc(Cl)cn1. The van der Waals surface area contributed by atoms with Crippen molar-refractivity contribution in [2.24, 2.45) is 0 Å². The number of piperazine rings is 1. The first-order valence-corrected chi connectivity index (χ1v) is 8.19. The molecule has 0 bridgehead atoms. The van der Waals surface area contributed by atoms with Crippen LogP contribution in [0.15, 0.2) is 25.0 Å². The van der Waals surface area contributed by atoms with Gasteiger partial charge >= 0.3 is 6.01 Å². The Morgan fingerprint density at radius 2 is 2.04 bits per heavy atom. The fourth-order valence-electron chi connectivity index (χ4n) is 2.53. The Bertz CT molecular complexity index is 515. The molecule has 0 saturated carbocycles. The molecule has 2 heterocycles. The Hall–Kier alpha value is -1.66. The van der Waals surface area contributed by atoms with E-state index >= 15 is 0 Å². The Kier molecular flexibility index (Phi) is 6.80. The van der Waals surface area contributed by atoms with Crippen LogP contribution in [0.4, 0.5) is 0 Å². The second-order valence-corrected chi connectivity index (χ2v) is 6.03. The molecule has 23 heavy (non-hydrogen) atoms. The van der Waals surface area contributed by atoms with Crippen LogP contribution in [-0.2, 0) is 4.79 Å². The molecule has 2 rings (SSSR count). The lowest BCUT2D eigenvalue weighted by atomic mass is 10.1. The molecule has 0 aromatic carbocycles. The van der Waals surface area contributed by atoms with Crippen molar-refractivity contribution in [2.75, 3.05) is 32.7 Å². The summed E-state index contributed by atoms with van der Waals surface area (Å²) >= 11 is 5.79. The minimum absolute atomic E-state index is 0.0157. The van der Waals surface area contributed by atoms with Crippen LogP contribution in [0.25, 0.3) is 0 Å². The van der Waals surface area contributed by atoms with Crippen LogP contribution in [0.5, 0.6) is 6.01 Å². The van der Waals surface area contributed by atoms with Crippen LogP contribution in [-0.4, -0.2) is 64.5 Å². The monoisotopic (exact) mass is 338 g/mol. The van der Waals surface area contributed by atoms with Crippen molar-refractivity contribution in [3.05, 3.63) is 30.1 Å². The molecule has 0 radical (unpaired) electrons. The first kappa shape index (κ1) is 17.7. The number of hydrogen-bond acceptors (Lipinski definition) is 5. The van der Waals surface area contributed by atoms with Gasteiger partial charge in [0.25, 0.3) is 0 Å². The van der Waals surface area contributed by atoms with Crippen LogP contribution in [0.1, 0.15) is 19.8 Å². The molecule has 7 heteroatoms. The highest BCUT2D eigenvalue weighted by Gasteiger charge is 2.22. The number of carbonyl (C=O) groups excluding carboxylic acids is 1. The number of hydrogen-bond donors (Lipinski definition) is 0. The van der Waals surface area contributed by atoms with E-state index in [2.05, 4.69) is 21.4 Å². The van der Waals surface area contributed by atoms with E-state index in [-0.39, 0.29) is 12.0 Å². The molecule has 1 fully saturated rings. The molecule has 126 valence electrons. The third-order valence-corrected chi connectivity index (χ3v) is 4.04. The Balaban J connectivity index is 1.89. The quantitative estimate of drug-likeness (QED) is 0.712. The van der Waals surface area contributed by atoms with Crippen molar-refractivity contribution in [3.8, 4) is 6.01 Å². The van der Waals surface area contributed by atoms with E-state index in [0.717, 1.165) is 45.6 Å². The van der Waals surface area contributed by atoms with Gasteiger partial charge in [0.2, 0.25) is 5.91 Å². The van der Waals surface area contributed by atoms with E-state index in [0.29, 0.717) is 11.0 Å². The van der Waals surface area contributed by atoms with E-state index in [1.165, 1.54) is 12.4 Å². The molecule has 1 aliphatic heterocycles. The third-order valence-electron chi connectivity index (χ3n) is 3.84. The van der Waals surface area contributed by atoms with Gasteiger partial charge in [-0.25, -0.2) is 9.97 Å². The van der Waals surface area contributed by atoms with Crippen LogP contribution in [0, 0.1) is 0 Å². The summed E-state index contributed by atoms with van der Waals surface area (Å²) in [6, 6.07) is 0.339. The number of halogens is 1. The lowest BCUT2D eigenvalue weighted by molar-refractivity contribution is -0.130. The molecule has 1 atom stereocenters. The van der Waals surface area contributed by atoms with E-state index in [9.17, 15) is 4.79 Å². The molecule has 1 aromatic rings. The van der Waals surface area contributed by atoms with E-state index in [4.69, 9.17) is 16.3 Å². The minimum Gasteiger partial charge on any atom is -0.459 e. The molecule has 0 aliphatic carbocycles. The lowest BCUT2D eigenvalue weighted by Gasteiger charge is -2.35. The van der Waals surface area contributed by atoms with Gasteiger partial charge in [-0.05, 0) is 12.8 Å². The number of rotatable bonds is 7. The van der Waals surface area contributed by atoms with Crippen LogP contribution in [0.2, 0.25) is 5.02 Å². The summed E-state index contributed by atoms with van der Waals surface area (Å²) in [6.45, 7) is 9.41. The average Bonchev–Trinajstić information content (AvgIpc) is 2.55. The van der Waals surface area contributed by atoms with Gasteiger partial charge in [0.05, 0.1) is 17.4 Å². The van der Waals surface area contributed by atoms with E-state index < -0.39 is 0 Å². The van der Waals surface area contributed by atoms with Crippen molar-refractivity contribution >= 4 is 17.5 Å². The summed E-state index contributed by atoms with van der Waals surface area (Å²) in [7, 11) is 0. The summed E-state index contributed by atoms with van der Waals surface area (Å²) in [4.78, 5) is 23.7. The second kappa shape index (κ2) is 8.84. The molecular formula is C16H23ClN4O2. The van der Waals surface area contributed by atoms with Gasteiger partial charge in [-0.3, -0.25) is 9.69 Å². The number of nitrogens with zero attached hydrogens (tertiary/aromatic N) is 4. The highest BCUT2D eigenvalue weighted by molar-refractivity contribution is 6.30. The fraction of sp³-hybridized carbons (Fsp3) is 0.562. The van der Waals surface area contributed by atoms with E-state index in [1.54, 1.807) is 6.92 Å². The topological polar surface area (TPSA) is 58.6 Å². The second-order valence-electron chi connectivity index (χ2n) is 5.60. The van der Waals surface area contributed by atoms with Gasteiger partial charge in [0.15, 0.2) is 0 Å². The Morgan fingerprint density at radius 1 is 1.39 bits per heavy atom. The van der Waals surface area contributed by atoms with Gasteiger partial charge in [0, 0.05) is 39.6 Å². The predicted octanol–water partition coefficient (Wildman–Crippen LogP) is 2.01. The summed E-state index contributed by atoms with van der Waals surface area (Å²) in [5.74, 6) is 0.138. The predicted molar refractivity (Wildman–Crippen MR) is 89.6 cm³/mol. The van der Waals surface area contributed by atoms with Crippen LogP contribution >= 0.6 is 11.6 Å². The maximum Gasteiger partial charge on any atom is 0.316 e.